The second-order valence-electron chi connectivity index (χ2n) is 7.69. The van der Waals surface area contributed by atoms with E-state index in [0.717, 1.165) is 0 Å². The molecule has 0 N–H and O–H groups in total. The summed E-state index contributed by atoms with van der Waals surface area (Å²) >= 11 is 0. The molecule has 0 bridgehead atoms. The van der Waals surface area contributed by atoms with Crippen molar-refractivity contribution in [1.29, 1.82) is 0 Å². The molecule has 0 nitrogen and oxygen atoms in total. The van der Waals surface area contributed by atoms with Crippen LogP contribution in [0.1, 0.15) is 41.5 Å². The first-order valence-corrected chi connectivity index (χ1v) is 15.7. The summed E-state index contributed by atoms with van der Waals surface area (Å²) in [5.41, 5.74) is 0. The summed E-state index contributed by atoms with van der Waals surface area (Å²) in [7, 11) is 2.12. The topological polar surface area (TPSA) is 0 Å². The molecule has 0 saturated carbocycles. The maximum atomic E-state index is 2.51. The van der Waals surface area contributed by atoms with Gasteiger partial charge in [0.2, 0.25) is 0 Å². The van der Waals surface area contributed by atoms with E-state index in [9.17, 15) is 0 Å². The normalized spacial score (nSPS) is 15.4. The molecular formula is C12H30S2Si2. The number of hydrogen-bond donors (Lipinski definition) is 0. The van der Waals surface area contributed by atoms with E-state index in [1.807, 2.05) is 0 Å². The zero-order valence-corrected chi connectivity index (χ0v) is 16.4. The average Bonchev–Trinajstić information content (AvgIpc) is 1.97. The molecule has 0 unspecified atom stereocenters. The Bertz CT molecular complexity index is 208. The zero-order valence-electron chi connectivity index (χ0n) is 12.8. The Hall–Kier alpha value is 1.13. The quantitative estimate of drug-likeness (QED) is 0.437. The second kappa shape index (κ2) is 5.02. The highest BCUT2D eigenvalue weighted by Crippen LogP contribution is 2.55. The van der Waals surface area contributed by atoms with Crippen molar-refractivity contribution < 1.29 is 0 Å². The summed E-state index contributed by atoms with van der Waals surface area (Å²) in [5, 5.41) is 0.986. The maximum Gasteiger partial charge on any atom is 0.129 e. The molecule has 0 fully saturated rings. The lowest BCUT2D eigenvalue weighted by molar-refractivity contribution is 0.736. The third kappa shape index (κ3) is 4.43. The molecule has 0 aromatic rings. The van der Waals surface area contributed by atoms with Gasteiger partial charge in [0, 0.05) is 0 Å². The zero-order chi connectivity index (χ0) is 13.4. The molecule has 0 aliphatic carbocycles. The first-order valence-electron chi connectivity index (χ1n) is 6.07. The van der Waals surface area contributed by atoms with Crippen LogP contribution in [0.5, 0.6) is 0 Å². The first-order chi connectivity index (χ1) is 6.71. The third-order valence-electron chi connectivity index (χ3n) is 4.07. The Balaban J connectivity index is 4.59. The van der Waals surface area contributed by atoms with Gasteiger partial charge in [0.05, 0.1) is 0 Å². The summed E-state index contributed by atoms with van der Waals surface area (Å²) in [4.78, 5) is 0. The van der Waals surface area contributed by atoms with Crippen molar-refractivity contribution in [3.8, 4) is 0 Å². The van der Waals surface area contributed by atoms with Gasteiger partial charge in [-0.3, -0.25) is 0 Å². The summed E-state index contributed by atoms with van der Waals surface area (Å²) in [6.07, 6.45) is 0. The maximum absolute atomic E-state index is 2.51. The van der Waals surface area contributed by atoms with Gasteiger partial charge in [-0.15, -0.1) is 20.5 Å². The molecule has 0 heterocycles. The van der Waals surface area contributed by atoms with Crippen LogP contribution in [0.2, 0.25) is 36.3 Å². The van der Waals surface area contributed by atoms with Crippen LogP contribution >= 0.6 is 20.5 Å². The Morgan fingerprint density at radius 2 is 0.750 bits per heavy atom. The molecular weight excluding hydrogens is 264 g/mol. The fraction of sp³-hybridized carbons (Fsp3) is 1.00. The lowest BCUT2D eigenvalue weighted by Gasteiger charge is -2.41. The van der Waals surface area contributed by atoms with E-state index < -0.39 is 14.4 Å². The van der Waals surface area contributed by atoms with Gasteiger partial charge < -0.3 is 0 Å². The van der Waals surface area contributed by atoms with E-state index in [1.165, 1.54) is 0 Å². The van der Waals surface area contributed by atoms with Crippen molar-refractivity contribution in [1.82, 2.24) is 0 Å². The van der Waals surface area contributed by atoms with Crippen LogP contribution in [0.15, 0.2) is 0 Å². The van der Waals surface area contributed by atoms with Gasteiger partial charge in [-0.25, -0.2) is 0 Å². The molecule has 0 aromatic carbocycles. The van der Waals surface area contributed by atoms with E-state index in [1.54, 1.807) is 0 Å². The van der Waals surface area contributed by atoms with Gasteiger partial charge in [-0.2, -0.15) is 0 Å². The van der Waals surface area contributed by atoms with Crippen molar-refractivity contribution >= 4 is 34.9 Å². The molecule has 0 aromatic heterocycles. The smallest absolute Gasteiger partial charge is 0.127 e. The van der Waals surface area contributed by atoms with Crippen LogP contribution in [0.3, 0.4) is 0 Å². The van der Waals surface area contributed by atoms with Gasteiger partial charge in [0.15, 0.2) is 0 Å². The minimum atomic E-state index is -1.18. The fourth-order valence-corrected chi connectivity index (χ4v) is 23.6. The van der Waals surface area contributed by atoms with Crippen LogP contribution in [0, 0.1) is 0 Å². The predicted octanol–water partition coefficient (Wildman–Crippen LogP) is 6.38. The minimum absolute atomic E-state index is 0.493. The molecule has 0 spiro atoms. The highest BCUT2D eigenvalue weighted by molar-refractivity contribution is 8.96. The SMILES string of the molecule is CC(C)(C)[Si](C)(C)SS[Si](C)(C)C(C)(C)C. The highest BCUT2D eigenvalue weighted by atomic mass is 33.3. The summed E-state index contributed by atoms with van der Waals surface area (Å²) in [6, 6.07) is 0. The standard InChI is InChI=1S/C12H30S2Si2/c1-11(2,3)15(7,8)13-14-16(9,10)12(4,5)6/h1-10H3. The molecule has 0 saturated heterocycles. The van der Waals surface area contributed by atoms with E-state index in [0.29, 0.717) is 10.1 Å². The molecule has 0 amide bonds. The van der Waals surface area contributed by atoms with Gasteiger partial charge >= 0.3 is 0 Å². The van der Waals surface area contributed by atoms with Crippen molar-refractivity contribution in [2.45, 2.75) is 77.8 Å². The molecule has 4 heteroatoms. The molecule has 16 heavy (non-hydrogen) atoms. The van der Waals surface area contributed by atoms with Crippen LogP contribution in [-0.2, 0) is 0 Å². The first kappa shape index (κ1) is 17.1. The second-order valence-corrected chi connectivity index (χ2v) is 27.2. The van der Waals surface area contributed by atoms with E-state index in [-0.39, 0.29) is 0 Å². The van der Waals surface area contributed by atoms with Crippen LogP contribution < -0.4 is 0 Å². The molecule has 0 aliphatic rings. The van der Waals surface area contributed by atoms with Crippen LogP contribution in [-0.4, -0.2) is 14.4 Å². The lowest BCUT2D eigenvalue weighted by Crippen LogP contribution is -2.37. The number of hydrogen-bond acceptors (Lipinski definition) is 2. The molecule has 0 rings (SSSR count). The Labute approximate surface area is 112 Å². The predicted molar refractivity (Wildman–Crippen MR) is 89.6 cm³/mol. The number of rotatable bonds is 3. The average molecular weight is 295 g/mol. The molecule has 0 aliphatic heterocycles. The van der Waals surface area contributed by atoms with Gasteiger partial charge in [0.25, 0.3) is 0 Å². The van der Waals surface area contributed by atoms with E-state index in [4.69, 9.17) is 0 Å². The fourth-order valence-electron chi connectivity index (χ4n) is 0.458. The van der Waals surface area contributed by atoms with Crippen LogP contribution in [0.25, 0.3) is 0 Å². The summed E-state index contributed by atoms with van der Waals surface area (Å²) in [5.74, 6) is 0. The third-order valence-corrected chi connectivity index (χ3v) is 29.1. The van der Waals surface area contributed by atoms with Crippen LogP contribution in [0.4, 0.5) is 0 Å². The molecule has 98 valence electrons. The Morgan fingerprint density at radius 3 is 0.875 bits per heavy atom. The lowest BCUT2D eigenvalue weighted by atomic mass is 10.2. The largest absolute Gasteiger partial charge is 0.129 e. The monoisotopic (exact) mass is 294 g/mol. The Kier molecular flexibility index (Phi) is 5.37. The van der Waals surface area contributed by atoms with Gasteiger partial charge in [-0.05, 0) is 10.1 Å². The highest BCUT2D eigenvalue weighted by Gasteiger charge is 2.42. The van der Waals surface area contributed by atoms with E-state index in [2.05, 4.69) is 88.2 Å². The summed E-state index contributed by atoms with van der Waals surface area (Å²) in [6.45, 7) is 24.5. The molecule has 0 atom stereocenters. The van der Waals surface area contributed by atoms with Gasteiger partial charge in [0.1, 0.15) is 14.4 Å². The van der Waals surface area contributed by atoms with Crippen molar-refractivity contribution in [3.63, 3.8) is 0 Å². The minimum Gasteiger partial charge on any atom is -0.127 e. The van der Waals surface area contributed by atoms with E-state index >= 15 is 0 Å². The Morgan fingerprint density at radius 1 is 0.562 bits per heavy atom. The van der Waals surface area contributed by atoms with Crippen molar-refractivity contribution in [2.24, 2.45) is 0 Å². The molecule has 0 radical (unpaired) electrons. The van der Waals surface area contributed by atoms with Crippen molar-refractivity contribution in [2.75, 3.05) is 0 Å². The van der Waals surface area contributed by atoms with Crippen molar-refractivity contribution in [3.05, 3.63) is 0 Å². The van der Waals surface area contributed by atoms with Gasteiger partial charge in [-0.1, -0.05) is 67.7 Å². The summed E-state index contributed by atoms with van der Waals surface area (Å²) < 4.78 is 0.